The maximum Gasteiger partial charge on any atom is 0.269 e. The van der Waals surface area contributed by atoms with E-state index >= 15 is 0 Å². The molecule has 0 aliphatic heterocycles. The van der Waals surface area contributed by atoms with E-state index in [0.717, 1.165) is 28.4 Å². The lowest BCUT2D eigenvalue weighted by Crippen LogP contribution is -2.31. The van der Waals surface area contributed by atoms with Gasteiger partial charge < -0.3 is 15.2 Å². The molecule has 0 spiro atoms. The van der Waals surface area contributed by atoms with Crippen LogP contribution in [0.1, 0.15) is 10.5 Å². The molecule has 2 N–H and O–H groups in total. The van der Waals surface area contributed by atoms with Crippen molar-refractivity contribution >= 4 is 62.5 Å². The molecule has 0 atom stereocenters. The number of aromatic amines is 1. The van der Waals surface area contributed by atoms with E-state index in [1.54, 1.807) is 12.1 Å². The number of benzene rings is 2. The first-order valence-electron chi connectivity index (χ1n) is 9.34. The lowest BCUT2D eigenvalue weighted by atomic mass is 10.1. The molecule has 0 aliphatic carbocycles. The summed E-state index contributed by atoms with van der Waals surface area (Å²) < 4.78 is 0. The molecule has 154 valence electrons. The number of aromatic nitrogens is 2. The van der Waals surface area contributed by atoms with E-state index in [1.807, 2.05) is 49.3 Å². The van der Waals surface area contributed by atoms with Gasteiger partial charge >= 0.3 is 0 Å². The van der Waals surface area contributed by atoms with Crippen molar-refractivity contribution in [2.24, 2.45) is 0 Å². The minimum Gasteiger partial charge on any atom is -0.353 e. The number of carbonyl (C=O) groups is 1. The molecule has 0 bridgehead atoms. The van der Waals surface area contributed by atoms with Crippen molar-refractivity contribution in [3.8, 4) is 11.3 Å². The molecule has 1 amide bonds. The van der Waals surface area contributed by atoms with E-state index in [0.29, 0.717) is 33.5 Å². The van der Waals surface area contributed by atoms with E-state index in [-0.39, 0.29) is 10.9 Å². The highest BCUT2D eigenvalue weighted by Crippen LogP contribution is 2.38. The Bertz CT molecular complexity index is 1240. The number of hydrogen-bond donors (Lipinski definition) is 2. The summed E-state index contributed by atoms with van der Waals surface area (Å²) >= 11 is 18.6. The van der Waals surface area contributed by atoms with Gasteiger partial charge in [0.25, 0.3) is 5.91 Å². The van der Waals surface area contributed by atoms with Gasteiger partial charge in [0.2, 0.25) is 0 Å². The van der Waals surface area contributed by atoms with Crippen molar-refractivity contribution in [2.45, 2.75) is 0 Å². The number of H-pyrrole nitrogens is 1. The van der Waals surface area contributed by atoms with Gasteiger partial charge in [0.05, 0.1) is 26.3 Å². The van der Waals surface area contributed by atoms with Crippen LogP contribution in [0, 0.1) is 0 Å². The van der Waals surface area contributed by atoms with Crippen LogP contribution in [0.25, 0.3) is 33.1 Å². The molecule has 0 aliphatic rings. The number of nitrogens with one attached hydrogen (secondary N) is 2. The highest BCUT2D eigenvalue weighted by molar-refractivity contribution is 6.48. The van der Waals surface area contributed by atoms with Crippen molar-refractivity contribution in [3.05, 3.63) is 63.2 Å². The fourth-order valence-electron chi connectivity index (χ4n) is 3.35. The van der Waals surface area contributed by atoms with Crippen LogP contribution in [0.3, 0.4) is 0 Å². The van der Waals surface area contributed by atoms with Crippen LogP contribution in [0.2, 0.25) is 15.1 Å². The highest BCUT2D eigenvalue weighted by atomic mass is 35.5. The summed E-state index contributed by atoms with van der Waals surface area (Å²) in [6.45, 7) is 1.25. The number of pyridine rings is 1. The predicted molar refractivity (Wildman–Crippen MR) is 125 cm³/mol. The monoisotopic (exact) mass is 460 g/mol. The standard InChI is InChI=1S/C22H19Cl3N4O/c1-29(2)8-7-26-22(30)18-11-14-13-5-3-4-6-17(13)27-21(14)20(28-18)12-9-15(23)19(25)16(24)10-12/h3-6,9-11,27H,7-8H2,1-2H3,(H,26,30). The van der Waals surface area contributed by atoms with Crippen LogP contribution in [0.4, 0.5) is 0 Å². The van der Waals surface area contributed by atoms with Gasteiger partial charge in [0.15, 0.2) is 0 Å². The Balaban J connectivity index is 1.90. The normalized spacial score (nSPS) is 11.5. The van der Waals surface area contributed by atoms with Crippen LogP contribution >= 0.6 is 34.8 Å². The molecule has 0 fully saturated rings. The molecular weight excluding hydrogens is 443 g/mol. The van der Waals surface area contributed by atoms with Gasteiger partial charge in [-0.15, -0.1) is 0 Å². The lowest BCUT2D eigenvalue weighted by Gasteiger charge is -2.12. The molecule has 2 aromatic carbocycles. The third-order valence-electron chi connectivity index (χ3n) is 4.83. The maximum atomic E-state index is 12.8. The van der Waals surface area contributed by atoms with Crippen molar-refractivity contribution in [1.29, 1.82) is 0 Å². The number of fused-ring (bicyclic) bond motifs is 3. The van der Waals surface area contributed by atoms with Crippen LogP contribution in [0.5, 0.6) is 0 Å². The van der Waals surface area contributed by atoms with Gasteiger partial charge in [-0.25, -0.2) is 4.98 Å². The molecule has 4 aromatic rings. The highest BCUT2D eigenvalue weighted by Gasteiger charge is 2.18. The van der Waals surface area contributed by atoms with Gasteiger partial charge in [0, 0.05) is 34.9 Å². The number of para-hydroxylation sites is 1. The van der Waals surface area contributed by atoms with Gasteiger partial charge in [-0.1, -0.05) is 53.0 Å². The fourth-order valence-corrected chi connectivity index (χ4v) is 3.94. The average molecular weight is 462 g/mol. The van der Waals surface area contributed by atoms with Crippen LogP contribution in [0.15, 0.2) is 42.5 Å². The molecule has 0 saturated heterocycles. The summed E-state index contributed by atoms with van der Waals surface area (Å²) in [5.41, 5.74) is 3.33. The minimum atomic E-state index is -0.239. The largest absolute Gasteiger partial charge is 0.353 e. The fraction of sp³-hybridized carbons (Fsp3) is 0.182. The van der Waals surface area contributed by atoms with Gasteiger partial charge in [-0.05, 0) is 38.4 Å². The molecule has 2 aromatic heterocycles. The number of hydrogen-bond acceptors (Lipinski definition) is 3. The second-order valence-corrected chi connectivity index (χ2v) is 8.45. The molecule has 0 unspecified atom stereocenters. The quantitative estimate of drug-likeness (QED) is 0.378. The number of halogens is 3. The average Bonchev–Trinajstić information content (AvgIpc) is 3.09. The molecular formula is C22H19Cl3N4O. The Morgan fingerprint density at radius 1 is 1.07 bits per heavy atom. The van der Waals surface area contributed by atoms with Crippen molar-refractivity contribution < 1.29 is 4.79 Å². The smallest absolute Gasteiger partial charge is 0.269 e. The second kappa shape index (κ2) is 8.44. The first kappa shape index (κ1) is 20.9. The number of amides is 1. The Kier molecular flexibility index (Phi) is 5.89. The van der Waals surface area contributed by atoms with E-state index < -0.39 is 0 Å². The summed E-state index contributed by atoms with van der Waals surface area (Å²) in [6.07, 6.45) is 0. The first-order chi connectivity index (χ1) is 14.3. The van der Waals surface area contributed by atoms with Crippen LogP contribution in [-0.4, -0.2) is 48.0 Å². The number of likely N-dealkylation sites (N-methyl/N-ethyl adjacent to an activating group) is 1. The molecule has 30 heavy (non-hydrogen) atoms. The molecule has 4 rings (SSSR count). The third-order valence-corrected chi connectivity index (χ3v) is 6.03. The Labute approximate surface area is 188 Å². The summed E-state index contributed by atoms with van der Waals surface area (Å²) in [4.78, 5) is 22.9. The van der Waals surface area contributed by atoms with Crippen molar-refractivity contribution in [3.63, 3.8) is 0 Å². The number of carbonyl (C=O) groups excluding carboxylic acids is 1. The number of nitrogens with zero attached hydrogens (tertiary/aromatic N) is 2. The van der Waals surface area contributed by atoms with Gasteiger partial charge in [-0.3, -0.25) is 4.79 Å². The maximum absolute atomic E-state index is 12.8. The zero-order valence-electron chi connectivity index (χ0n) is 16.4. The summed E-state index contributed by atoms with van der Waals surface area (Å²) in [5.74, 6) is -0.239. The molecule has 8 heteroatoms. The SMILES string of the molecule is CN(C)CCNC(=O)c1cc2c([nH]c3ccccc32)c(-c2cc(Cl)c(Cl)c(Cl)c2)n1. The molecule has 0 saturated carbocycles. The Hall–Kier alpha value is -2.31. The number of rotatable bonds is 5. The van der Waals surface area contributed by atoms with Gasteiger partial charge in [-0.2, -0.15) is 0 Å². The summed E-state index contributed by atoms with van der Waals surface area (Å²) in [6, 6.07) is 13.1. The van der Waals surface area contributed by atoms with Crippen LogP contribution < -0.4 is 5.32 Å². The Morgan fingerprint density at radius 3 is 2.47 bits per heavy atom. The predicted octanol–water partition coefficient (Wildman–Crippen LogP) is 5.63. The van der Waals surface area contributed by atoms with Crippen molar-refractivity contribution in [1.82, 2.24) is 20.2 Å². The Morgan fingerprint density at radius 2 is 1.77 bits per heavy atom. The second-order valence-electron chi connectivity index (χ2n) is 7.26. The minimum absolute atomic E-state index is 0.239. The summed E-state index contributed by atoms with van der Waals surface area (Å²) in [7, 11) is 3.91. The van der Waals surface area contributed by atoms with E-state index in [9.17, 15) is 4.79 Å². The van der Waals surface area contributed by atoms with Gasteiger partial charge in [0.1, 0.15) is 5.69 Å². The first-order valence-corrected chi connectivity index (χ1v) is 10.5. The summed E-state index contributed by atoms with van der Waals surface area (Å²) in [5, 5.41) is 5.76. The van der Waals surface area contributed by atoms with Crippen molar-refractivity contribution in [2.75, 3.05) is 27.2 Å². The molecule has 2 heterocycles. The zero-order chi connectivity index (χ0) is 21.4. The lowest BCUT2D eigenvalue weighted by molar-refractivity contribution is 0.0946. The molecule has 0 radical (unpaired) electrons. The third kappa shape index (κ3) is 3.98. The zero-order valence-corrected chi connectivity index (χ0v) is 18.7. The van der Waals surface area contributed by atoms with E-state index in [1.165, 1.54) is 0 Å². The van der Waals surface area contributed by atoms with Crippen LogP contribution in [-0.2, 0) is 0 Å². The topological polar surface area (TPSA) is 61.0 Å². The van der Waals surface area contributed by atoms with E-state index in [4.69, 9.17) is 34.8 Å². The van der Waals surface area contributed by atoms with E-state index in [2.05, 4.69) is 15.3 Å². The molecule has 5 nitrogen and oxygen atoms in total.